The van der Waals surface area contributed by atoms with Crippen molar-refractivity contribution in [2.24, 2.45) is 0 Å². The van der Waals surface area contributed by atoms with E-state index < -0.39 is 33.6 Å². The Balaban J connectivity index is 2.36. The third kappa shape index (κ3) is 4.33. The van der Waals surface area contributed by atoms with E-state index in [0.717, 1.165) is 34.3 Å². The Morgan fingerprint density at radius 1 is 1.12 bits per heavy atom. The Hall–Kier alpha value is -2.48. The van der Waals surface area contributed by atoms with Crippen LogP contribution in [0.25, 0.3) is 0 Å². The second-order valence-corrected chi connectivity index (χ2v) is 7.50. The minimum Gasteiger partial charge on any atom is -0.324 e. The molecule has 0 saturated heterocycles. The van der Waals surface area contributed by atoms with Gasteiger partial charge in [0.25, 0.3) is 0 Å². The summed E-state index contributed by atoms with van der Waals surface area (Å²) in [5.41, 5.74) is 1.22. The summed E-state index contributed by atoms with van der Waals surface area (Å²) in [5, 5.41) is 2.65. The highest BCUT2D eigenvalue weighted by atomic mass is 32.2. The van der Waals surface area contributed by atoms with Gasteiger partial charge in [0.2, 0.25) is 15.9 Å². The number of sulfonamides is 1. The molecule has 1 N–H and O–H groups in total. The van der Waals surface area contributed by atoms with E-state index in [1.807, 2.05) is 0 Å². The van der Waals surface area contributed by atoms with Crippen molar-refractivity contribution >= 4 is 27.3 Å². The van der Waals surface area contributed by atoms with E-state index in [0.29, 0.717) is 5.69 Å². The van der Waals surface area contributed by atoms with E-state index in [1.165, 1.54) is 6.92 Å². The van der Waals surface area contributed by atoms with Crippen LogP contribution in [0.15, 0.2) is 42.5 Å². The molecule has 0 aliphatic heterocycles. The molecule has 2 rings (SSSR count). The van der Waals surface area contributed by atoms with Gasteiger partial charge < -0.3 is 5.32 Å². The van der Waals surface area contributed by atoms with Crippen LogP contribution in [0.2, 0.25) is 0 Å². The fourth-order valence-corrected chi connectivity index (χ4v) is 3.55. The Labute approximate surface area is 145 Å². The molecular weight excluding hydrogens is 350 g/mol. The maximum atomic E-state index is 13.5. The van der Waals surface area contributed by atoms with Crippen LogP contribution in [0.5, 0.6) is 0 Å². The van der Waals surface area contributed by atoms with Gasteiger partial charge in [-0.2, -0.15) is 0 Å². The fourth-order valence-electron chi connectivity index (χ4n) is 2.38. The molecule has 8 heteroatoms. The summed E-state index contributed by atoms with van der Waals surface area (Å²) >= 11 is 0. The Morgan fingerprint density at radius 2 is 1.76 bits per heavy atom. The maximum Gasteiger partial charge on any atom is 0.248 e. The molecule has 0 fully saturated rings. The smallest absolute Gasteiger partial charge is 0.248 e. The summed E-state index contributed by atoms with van der Waals surface area (Å²) in [7, 11) is -3.91. The highest BCUT2D eigenvalue weighted by Gasteiger charge is 2.30. The molecule has 0 aromatic heterocycles. The molecule has 2 aromatic carbocycles. The van der Waals surface area contributed by atoms with Gasteiger partial charge in [0.15, 0.2) is 11.6 Å². The number of hydrogen-bond donors (Lipinski definition) is 1. The first-order valence-electron chi connectivity index (χ1n) is 7.42. The molecule has 25 heavy (non-hydrogen) atoms. The molecule has 2 aromatic rings. The van der Waals surface area contributed by atoms with Crippen LogP contribution in [0.1, 0.15) is 12.5 Å². The molecule has 0 radical (unpaired) electrons. The lowest BCUT2D eigenvalue weighted by atomic mass is 10.2. The largest absolute Gasteiger partial charge is 0.324 e. The zero-order valence-corrected chi connectivity index (χ0v) is 14.8. The summed E-state index contributed by atoms with van der Waals surface area (Å²) in [5.74, 6) is -2.89. The van der Waals surface area contributed by atoms with Crippen molar-refractivity contribution in [2.75, 3.05) is 15.9 Å². The van der Waals surface area contributed by atoms with Crippen LogP contribution < -0.4 is 9.62 Å². The van der Waals surface area contributed by atoms with Gasteiger partial charge in [-0.25, -0.2) is 17.2 Å². The first-order chi connectivity index (χ1) is 11.6. The number of amides is 1. The predicted molar refractivity (Wildman–Crippen MR) is 93.0 cm³/mol. The summed E-state index contributed by atoms with van der Waals surface area (Å²) in [4.78, 5) is 12.5. The summed E-state index contributed by atoms with van der Waals surface area (Å²) < 4.78 is 51.6. The van der Waals surface area contributed by atoms with Crippen LogP contribution in [0.4, 0.5) is 20.2 Å². The number of hydrogen-bond acceptors (Lipinski definition) is 3. The first kappa shape index (κ1) is 18.9. The topological polar surface area (TPSA) is 66.5 Å². The second-order valence-electron chi connectivity index (χ2n) is 5.64. The van der Waals surface area contributed by atoms with Crippen molar-refractivity contribution in [3.63, 3.8) is 0 Å². The molecular formula is C17H18F2N2O3S. The van der Waals surface area contributed by atoms with Crippen LogP contribution in [-0.2, 0) is 14.8 Å². The quantitative estimate of drug-likeness (QED) is 0.882. The number of aryl methyl sites for hydroxylation is 1. The molecule has 1 unspecified atom stereocenters. The van der Waals surface area contributed by atoms with Crippen LogP contribution in [0.3, 0.4) is 0 Å². The van der Waals surface area contributed by atoms with Crippen molar-refractivity contribution in [2.45, 2.75) is 19.9 Å². The molecule has 134 valence electrons. The molecule has 1 atom stereocenters. The van der Waals surface area contributed by atoms with Gasteiger partial charge in [0.05, 0.1) is 11.9 Å². The summed E-state index contributed by atoms with van der Waals surface area (Å²) in [6, 6.07) is 8.51. The molecule has 1 amide bonds. The maximum absolute atomic E-state index is 13.5. The molecule has 5 nitrogen and oxygen atoms in total. The fraction of sp³-hybridized carbons (Fsp3) is 0.235. The SMILES string of the molecule is Cc1ccccc1NC(=O)C(C)N(c1ccc(F)c(F)c1)S(C)(=O)=O. The van der Waals surface area contributed by atoms with E-state index in [-0.39, 0.29) is 5.69 Å². The van der Waals surface area contributed by atoms with Crippen molar-refractivity contribution in [3.8, 4) is 0 Å². The average Bonchev–Trinajstić information content (AvgIpc) is 2.51. The Bertz CT molecular complexity index is 901. The number of para-hydroxylation sites is 1. The van der Waals surface area contributed by atoms with Gasteiger partial charge in [-0.15, -0.1) is 0 Å². The molecule has 0 aliphatic rings. The van der Waals surface area contributed by atoms with Crippen LogP contribution >= 0.6 is 0 Å². The third-order valence-corrected chi connectivity index (χ3v) is 4.89. The highest BCUT2D eigenvalue weighted by Crippen LogP contribution is 2.24. The van der Waals surface area contributed by atoms with Gasteiger partial charge >= 0.3 is 0 Å². The molecule has 0 saturated carbocycles. The number of benzene rings is 2. The number of carbonyl (C=O) groups is 1. The van der Waals surface area contributed by atoms with Gasteiger partial charge in [-0.05, 0) is 37.6 Å². The number of nitrogens with one attached hydrogen (secondary N) is 1. The van der Waals surface area contributed by atoms with Crippen LogP contribution in [0, 0.1) is 18.6 Å². The highest BCUT2D eigenvalue weighted by molar-refractivity contribution is 7.92. The van der Waals surface area contributed by atoms with E-state index in [4.69, 9.17) is 0 Å². The summed E-state index contributed by atoms with van der Waals surface area (Å²) in [6.45, 7) is 3.17. The Morgan fingerprint density at radius 3 is 2.32 bits per heavy atom. The van der Waals surface area contributed by atoms with Gasteiger partial charge in [0.1, 0.15) is 6.04 Å². The van der Waals surface area contributed by atoms with Gasteiger partial charge in [0, 0.05) is 11.8 Å². The average molecular weight is 368 g/mol. The van der Waals surface area contributed by atoms with Crippen molar-refractivity contribution in [3.05, 3.63) is 59.7 Å². The molecule has 0 heterocycles. The lowest BCUT2D eigenvalue weighted by Crippen LogP contribution is -2.45. The van der Waals surface area contributed by atoms with E-state index in [1.54, 1.807) is 31.2 Å². The number of rotatable bonds is 5. The minimum atomic E-state index is -3.91. The van der Waals surface area contributed by atoms with Crippen LogP contribution in [-0.4, -0.2) is 26.6 Å². The third-order valence-electron chi connectivity index (χ3n) is 3.65. The van der Waals surface area contributed by atoms with E-state index in [2.05, 4.69) is 5.32 Å². The standard InChI is InChI=1S/C17H18F2N2O3S/c1-11-6-4-5-7-16(11)20-17(22)12(2)21(25(3,23)24)13-8-9-14(18)15(19)10-13/h4-10,12H,1-3H3,(H,20,22). The summed E-state index contributed by atoms with van der Waals surface area (Å²) in [6.07, 6.45) is 0.895. The lowest BCUT2D eigenvalue weighted by Gasteiger charge is -2.28. The molecule has 0 spiro atoms. The van der Waals surface area contributed by atoms with E-state index >= 15 is 0 Å². The van der Waals surface area contributed by atoms with Crippen molar-refractivity contribution < 1.29 is 22.0 Å². The van der Waals surface area contributed by atoms with E-state index in [9.17, 15) is 22.0 Å². The number of halogens is 2. The second kappa shape index (κ2) is 7.18. The normalized spacial score (nSPS) is 12.5. The molecule has 0 aliphatic carbocycles. The Kier molecular flexibility index (Phi) is 5.42. The minimum absolute atomic E-state index is 0.131. The zero-order chi connectivity index (χ0) is 18.8. The monoisotopic (exact) mass is 368 g/mol. The number of nitrogens with zero attached hydrogens (tertiary/aromatic N) is 1. The lowest BCUT2D eigenvalue weighted by molar-refractivity contribution is -0.116. The number of anilines is 2. The van der Waals surface area contributed by atoms with Gasteiger partial charge in [-0.3, -0.25) is 9.10 Å². The van der Waals surface area contributed by atoms with Gasteiger partial charge in [-0.1, -0.05) is 18.2 Å². The number of carbonyl (C=O) groups excluding carboxylic acids is 1. The van der Waals surface area contributed by atoms with Crippen molar-refractivity contribution in [1.29, 1.82) is 0 Å². The predicted octanol–water partition coefficient (Wildman–Crippen LogP) is 3.07. The first-order valence-corrected chi connectivity index (χ1v) is 9.27. The zero-order valence-electron chi connectivity index (χ0n) is 14.0. The molecule has 0 bridgehead atoms. The van der Waals surface area contributed by atoms with Crippen molar-refractivity contribution in [1.82, 2.24) is 0 Å².